The fourth-order valence-corrected chi connectivity index (χ4v) is 1.20. The van der Waals surface area contributed by atoms with E-state index in [4.69, 9.17) is 5.11 Å². The van der Waals surface area contributed by atoms with Crippen LogP contribution in [-0.4, -0.2) is 30.6 Å². The Morgan fingerprint density at radius 2 is 1.64 bits per heavy atom. The average molecular weight is 192 g/mol. The van der Waals surface area contributed by atoms with Gasteiger partial charge in [0.05, 0.1) is 0 Å². The van der Waals surface area contributed by atoms with E-state index in [2.05, 4.69) is 10.2 Å². The van der Waals surface area contributed by atoms with E-state index in [1.165, 1.54) is 21.8 Å². The summed E-state index contributed by atoms with van der Waals surface area (Å²) in [5.41, 5.74) is 0. The van der Waals surface area contributed by atoms with Gasteiger partial charge >= 0.3 is 5.97 Å². The Kier molecular flexibility index (Phi) is 2.02. The lowest BCUT2D eigenvalue weighted by Crippen LogP contribution is -2.27. The Hall–Kier alpha value is -2.11. The summed E-state index contributed by atoms with van der Waals surface area (Å²) < 4.78 is 2.66. The molecule has 0 saturated carbocycles. The highest BCUT2D eigenvalue weighted by molar-refractivity contribution is 5.71. The minimum Gasteiger partial charge on any atom is -0.478 e. The molecule has 0 unspecified atom stereocenters. The highest BCUT2D eigenvalue weighted by Gasteiger charge is 2.21. The molecule has 0 aromatic carbocycles. The van der Waals surface area contributed by atoms with Crippen molar-refractivity contribution < 1.29 is 9.90 Å². The molecule has 6 nitrogen and oxygen atoms in total. The monoisotopic (exact) mass is 192 g/mol. The number of carbonyl (C=O) groups is 1. The van der Waals surface area contributed by atoms with Gasteiger partial charge in [-0.05, 0) is 12.1 Å². The van der Waals surface area contributed by atoms with Crippen LogP contribution in [-0.2, 0) is 4.79 Å². The van der Waals surface area contributed by atoms with Crippen LogP contribution in [0.25, 0.3) is 0 Å². The quantitative estimate of drug-likeness (QED) is 0.754. The molecule has 0 atom stereocenters. The lowest BCUT2D eigenvalue weighted by molar-refractivity contribution is -0.142. The Balaban J connectivity index is 2.40. The van der Waals surface area contributed by atoms with Crippen molar-refractivity contribution in [1.82, 2.24) is 19.6 Å². The maximum Gasteiger partial charge on any atom is 0.351 e. The molecule has 0 amide bonds. The van der Waals surface area contributed by atoms with Crippen LogP contribution in [0.5, 0.6) is 0 Å². The largest absolute Gasteiger partial charge is 0.478 e. The number of aromatic nitrogens is 4. The second-order valence-electron chi connectivity index (χ2n) is 2.68. The maximum absolute atomic E-state index is 11.0. The Morgan fingerprint density at radius 3 is 1.93 bits per heavy atom. The first-order valence-electron chi connectivity index (χ1n) is 4.00. The van der Waals surface area contributed by atoms with Crippen LogP contribution in [0.3, 0.4) is 0 Å². The second-order valence-corrected chi connectivity index (χ2v) is 2.68. The number of hydrogen-bond donors (Lipinski definition) is 1. The van der Waals surface area contributed by atoms with Crippen LogP contribution in [0, 0.1) is 0 Å². The summed E-state index contributed by atoms with van der Waals surface area (Å²) in [6.45, 7) is 0. The molecule has 1 N–H and O–H groups in total. The van der Waals surface area contributed by atoms with Gasteiger partial charge in [-0.25, -0.2) is 14.2 Å². The number of aliphatic carboxylic acids is 1. The molecule has 0 bridgehead atoms. The zero-order valence-corrected chi connectivity index (χ0v) is 7.19. The lowest BCUT2D eigenvalue weighted by Gasteiger charge is -2.12. The van der Waals surface area contributed by atoms with Crippen LogP contribution in [0.15, 0.2) is 36.9 Å². The van der Waals surface area contributed by atoms with E-state index in [1.54, 1.807) is 24.5 Å². The molecule has 0 radical (unpaired) electrons. The molecule has 0 aliphatic carbocycles. The highest BCUT2D eigenvalue weighted by atomic mass is 16.4. The van der Waals surface area contributed by atoms with Crippen molar-refractivity contribution in [2.45, 2.75) is 6.17 Å². The number of carboxylic acid groups (broad SMARTS) is 1. The van der Waals surface area contributed by atoms with Crippen LogP contribution in [0.4, 0.5) is 0 Å². The molecule has 0 saturated heterocycles. The lowest BCUT2D eigenvalue weighted by atomic mass is 10.5. The van der Waals surface area contributed by atoms with Gasteiger partial charge in [0.2, 0.25) is 6.17 Å². The van der Waals surface area contributed by atoms with Crippen LogP contribution < -0.4 is 0 Å². The third kappa shape index (κ3) is 1.37. The van der Waals surface area contributed by atoms with Crippen molar-refractivity contribution in [2.75, 3.05) is 0 Å². The normalized spacial score (nSPS) is 10.6. The zero-order chi connectivity index (χ0) is 9.97. The molecule has 2 heterocycles. The van der Waals surface area contributed by atoms with E-state index >= 15 is 0 Å². The van der Waals surface area contributed by atoms with E-state index in [1.807, 2.05) is 0 Å². The van der Waals surface area contributed by atoms with Gasteiger partial charge in [-0.2, -0.15) is 10.2 Å². The van der Waals surface area contributed by atoms with Gasteiger partial charge in [-0.1, -0.05) is 0 Å². The SMILES string of the molecule is O=C(O)C(n1cccn1)n1cccn1. The summed E-state index contributed by atoms with van der Waals surface area (Å²) in [6, 6.07) is 3.33. The Morgan fingerprint density at radius 1 is 1.14 bits per heavy atom. The first-order valence-corrected chi connectivity index (χ1v) is 4.00. The molecule has 14 heavy (non-hydrogen) atoms. The van der Waals surface area contributed by atoms with Crippen molar-refractivity contribution in [3.05, 3.63) is 36.9 Å². The van der Waals surface area contributed by atoms with Gasteiger partial charge in [0.15, 0.2) is 0 Å². The average Bonchev–Trinajstić information content (AvgIpc) is 2.75. The van der Waals surface area contributed by atoms with Crippen molar-refractivity contribution in [1.29, 1.82) is 0 Å². The second kappa shape index (κ2) is 3.33. The minimum atomic E-state index is -1.00. The fourth-order valence-electron chi connectivity index (χ4n) is 1.20. The topological polar surface area (TPSA) is 72.9 Å². The standard InChI is InChI=1S/C8H8N4O2/c13-8(14)7(11-5-1-3-9-11)12-6-2-4-10-12/h1-7H,(H,13,14). The van der Waals surface area contributed by atoms with Gasteiger partial charge in [-0.15, -0.1) is 0 Å². The smallest absolute Gasteiger partial charge is 0.351 e. The van der Waals surface area contributed by atoms with Crippen molar-refractivity contribution >= 4 is 5.97 Å². The zero-order valence-electron chi connectivity index (χ0n) is 7.19. The molecular weight excluding hydrogens is 184 g/mol. The van der Waals surface area contributed by atoms with E-state index in [0.717, 1.165) is 0 Å². The van der Waals surface area contributed by atoms with Gasteiger partial charge in [0.25, 0.3) is 0 Å². The number of hydrogen-bond acceptors (Lipinski definition) is 3. The van der Waals surface area contributed by atoms with Crippen molar-refractivity contribution in [2.24, 2.45) is 0 Å². The summed E-state index contributed by atoms with van der Waals surface area (Å²) in [5, 5.41) is 16.7. The minimum absolute atomic E-state index is 0.917. The van der Waals surface area contributed by atoms with Gasteiger partial charge < -0.3 is 5.11 Å². The summed E-state index contributed by atoms with van der Waals surface area (Å²) in [7, 11) is 0. The predicted octanol–water partition coefficient (Wildman–Crippen LogP) is 0.211. The van der Waals surface area contributed by atoms with E-state index in [-0.39, 0.29) is 0 Å². The molecule has 0 aliphatic heterocycles. The number of nitrogens with zero attached hydrogens (tertiary/aromatic N) is 4. The molecule has 72 valence electrons. The number of carboxylic acids is 1. The molecule has 2 aromatic rings. The Bertz CT molecular complexity index is 372. The van der Waals surface area contributed by atoms with E-state index in [0.29, 0.717) is 0 Å². The first-order chi connectivity index (χ1) is 6.79. The molecule has 0 fully saturated rings. The molecular formula is C8H8N4O2. The van der Waals surface area contributed by atoms with Crippen LogP contribution >= 0.6 is 0 Å². The van der Waals surface area contributed by atoms with Crippen molar-refractivity contribution in [3.63, 3.8) is 0 Å². The first kappa shape index (κ1) is 8.49. The fraction of sp³-hybridized carbons (Fsp3) is 0.125. The summed E-state index contributed by atoms with van der Waals surface area (Å²) in [4.78, 5) is 11.0. The summed E-state index contributed by atoms with van der Waals surface area (Å²) >= 11 is 0. The highest BCUT2D eigenvalue weighted by Crippen LogP contribution is 2.06. The van der Waals surface area contributed by atoms with E-state index in [9.17, 15) is 4.79 Å². The van der Waals surface area contributed by atoms with Crippen LogP contribution in [0.2, 0.25) is 0 Å². The van der Waals surface area contributed by atoms with Crippen LogP contribution in [0.1, 0.15) is 6.17 Å². The van der Waals surface area contributed by atoms with Crippen molar-refractivity contribution in [3.8, 4) is 0 Å². The number of rotatable bonds is 3. The molecule has 6 heteroatoms. The van der Waals surface area contributed by atoms with E-state index < -0.39 is 12.1 Å². The van der Waals surface area contributed by atoms with Gasteiger partial charge in [0.1, 0.15) is 0 Å². The summed E-state index contributed by atoms with van der Waals surface area (Å²) in [6.07, 6.45) is 5.31. The molecule has 0 aliphatic rings. The third-order valence-corrected chi connectivity index (χ3v) is 1.77. The molecule has 2 aromatic heterocycles. The third-order valence-electron chi connectivity index (χ3n) is 1.77. The van der Waals surface area contributed by atoms with Gasteiger partial charge in [-0.3, -0.25) is 0 Å². The summed E-state index contributed by atoms with van der Waals surface area (Å²) in [5.74, 6) is -1.00. The Labute approximate surface area is 79.4 Å². The van der Waals surface area contributed by atoms with Gasteiger partial charge in [0, 0.05) is 24.8 Å². The maximum atomic E-state index is 11.0. The predicted molar refractivity (Wildman–Crippen MR) is 46.5 cm³/mol. The molecule has 2 rings (SSSR count). The molecule has 0 spiro atoms.